The number of carbonyl (C=O) groups excluding carboxylic acids is 2. The second-order valence-corrected chi connectivity index (χ2v) is 10.8. The van der Waals surface area contributed by atoms with Crippen molar-refractivity contribution in [3.05, 3.63) is 100 Å². The quantitative estimate of drug-likeness (QED) is 0.156. The number of amides is 2. The summed E-state index contributed by atoms with van der Waals surface area (Å²) in [6, 6.07) is 22.2. The van der Waals surface area contributed by atoms with E-state index in [9.17, 15) is 9.59 Å². The zero-order chi connectivity index (χ0) is 28.6. The molecule has 2 amide bonds. The summed E-state index contributed by atoms with van der Waals surface area (Å²) in [6.45, 7) is 1.22. The number of nitrogens with zero attached hydrogens (tertiary/aromatic N) is 2. The van der Waals surface area contributed by atoms with Crippen LogP contribution in [0.15, 0.2) is 83.6 Å². The second kappa shape index (κ2) is 13.1. The molecule has 41 heavy (non-hydrogen) atoms. The van der Waals surface area contributed by atoms with Gasteiger partial charge in [0.25, 0.3) is 11.8 Å². The number of para-hydroxylation sites is 1. The molecule has 0 radical (unpaired) electrons. The van der Waals surface area contributed by atoms with Gasteiger partial charge in [-0.15, -0.1) is 22.7 Å². The van der Waals surface area contributed by atoms with Gasteiger partial charge >= 0.3 is 0 Å². The largest absolute Gasteiger partial charge is 0.488 e. The fourth-order valence-corrected chi connectivity index (χ4v) is 5.17. The number of aromatic nitrogens is 2. The fourth-order valence-electron chi connectivity index (χ4n) is 4.04. The van der Waals surface area contributed by atoms with E-state index in [4.69, 9.17) is 16.2 Å². The van der Waals surface area contributed by atoms with E-state index >= 15 is 0 Å². The highest BCUT2D eigenvalue weighted by atomic mass is 32.1. The average molecular weight is 585 g/mol. The Morgan fingerprint density at radius 2 is 1.29 bits per heavy atom. The van der Waals surface area contributed by atoms with Gasteiger partial charge in [0, 0.05) is 46.1 Å². The molecule has 0 fully saturated rings. The van der Waals surface area contributed by atoms with Crippen LogP contribution in [0.3, 0.4) is 0 Å². The molecule has 0 saturated heterocycles. The summed E-state index contributed by atoms with van der Waals surface area (Å²) < 4.78 is 6.04. The number of ether oxygens (including phenoxy) is 1. The van der Waals surface area contributed by atoms with E-state index in [2.05, 4.69) is 20.6 Å². The minimum atomic E-state index is -0.173. The Kier molecular flexibility index (Phi) is 8.87. The van der Waals surface area contributed by atoms with Gasteiger partial charge < -0.3 is 26.8 Å². The standard InChI is InChI=1S/C30H28N6O3S2/c31-29-35-24(17-40-29)20-10-12-22(13-11-20)28(38)34-15-3-14-33-27(37)21-8-6-19(7-9-21)16-39-26-5-2-1-4-23(26)25-18-41-30(32)36-25/h1-2,4-13,17-18H,3,14-16H2,(H2,31,35)(H2,32,36)(H,33,37)(H,34,38). The summed E-state index contributed by atoms with van der Waals surface area (Å²) >= 11 is 2.76. The summed E-state index contributed by atoms with van der Waals surface area (Å²) in [5.74, 6) is 0.371. The summed E-state index contributed by atoms with van der Waals surface area (Å²) in [5, 5.41) is 10.6. The Hall–Kier alpha value is -4.74. The molecule has 11 heteroatoms. The van der Waals surface area contributed by atoms with Gasteiger partial charge in [0.2, 0.25) is 0 Å². The lowest BCUT2D eigenvalue weighted by Crippen LogP contribution is -2.29. The summed E-state index contributed by atoms with van der Waals surface area (Å²) in [5.41, 5.74) is 16.9. The van der Waals surface area contributed by atoms with Gasteiger partial charge in [-0.1, -0.05) is 36.4 Å². The number of carbonyl (C=O) groups is 2. The molecule has 2 aromatic heterocycles. The van der Waals surface area contributed by atoms with Crippen LogP contribution in [-0.4, -0.2) is 34.9 Å². The molecule has 0 bridgehead atoms. The molecule has 2 heterocycles. The van der Waals surface area contributed by atoms with Gasteiger partial charge in [0.05, 0.1) is 11.4 Å². The molecule has 9 nitrogen and oxygen atoms in total. The number of benzene rings is 3. The highest BCUT2D eigenvalue weighted by Gasteiger charge is 2.11. The zero-order valence-corrected chi connectivity index (χ0v) is 23.6. The van der Waals surface area contributed by atoms with Gasteiger partial charge in [-0.25, -0.2) is 9.97 Å². The Balaban J connectivity index is 1.03. The Morgan fingerprint density at radius 3 is 1.88 bits per heavy atom. The molecule has 0 atom stereocenters. The SMILES string of the molecule is Nc1nc(-c2ccc(C(=O)NCCCNC(=O)c3ccc(COc4ccccc4-c4csc(N)n4)cc3)cc2)cs1. The number of nitrogens with two attached hydrogens (primary N) is 2. The third kappa shape index (κ3) is 7.27. The minimum absolute atomic E-state index is 0.170. The molecule has 0 aliphatic carbocycles. The molecular formula is C30H28N6O3S2. The monoisotopic (exact) mass is 584 g/mol. The highest BCUT2D eigenvalue weighted by molar-refractivity contribution is 7.14. The van der Waals surface area contributed by atoms with Gasteiger partial charge in [-0.3, -0.25) is 9.59 Å². The maximum Gasteiger partial charge on any atom is 0.251 e. The molecule has 6 N–H and O–H groups in total. The molecule has 5 aromatic rings. The molecule has 0 aliphatic heterocycles. The lowest BCUT2D eigenvalue weighted by atomic mass is 10.1. The first-order valence-corrected chi connectivity index (χ1v) is 14.6. The van der Waals surface area contributed by atoms with Gasteiger partial charge in [0.1, 0.15) is 12.4 Å². The molecule has 5 rings (SSSR count). The Labute approximate surface area is 245 Å². The zero-order valence-electron chi connectivity index (χ0n) is 22.0. The maximum absolute atomic E-state index is 12.5. The lowest BCUT2D eigenvalue weighted by molar-refractivity contribution is 0.0951. The van der Waals surface area contributed by atoms with E-state index in [0.29, 0.717) is 53.3 Å². The van der Waals surface area contributed by atoms with Crippen molar-refractivity contribution >= 4 is 44.8 Å². The summed E-state index contributed by atoms with van der Waals surface area (Å²) in [7, 11) is 0. The van der Waals surface area contributed by atoms with E-state index in [-0.39, 0.29) is 11.8 Å². The van der Waals surface area contributed by atoms with Crippen molar-refractivity contribution in [3.8, 4) is 28.3 Å². The van der Waals surface area contributed by atoms with Gasteiger partial charge in [0.15, 0.2) is 10.3 Å². The number of nitrogens with one attached hydrogen (secondary N) is 2. The molecule has 0 spiro atoms. The number of hydrogen-bond acceptors (Lipinski definition) is 9. The van der Waals surface area contributed by atoms with Gasteiger partial charge in [-0.2, -0.15) is 0 Å². The average Bonchev–Trinajstić information content (AvgIpc) is 3.64. The van der Waals surface area contributed by atoms with Crippen LogP contribution in [0.5, 0.6) is 5.75 Å². The van der Waals surface area contributed by atoms with Crippen LogP contribution in [0.25, 0.3) is 22.5 Å². The van der Waals surface area contributed by atoms with Crippen LogP contribution in [0.2, 0.25) is 0 Å². The van der Waals surface area contributed by atoms with Crippen LogP contribution in [0.1, 0.15) is 32.7 Å². The predicted octanol–water partition coefficient (Wildman–Crippen LogP) is 5.23. The molecular weight excluding hydrogens is 557 g/mol. The maximum atomic E-state index is 12.5. The van der Waals surface area contributed by atoms with Crippen molar-refractivity contribution in [3.63, 3.8) is 0 Å². The van der Waals surface area contributed by atoms with Crippen molar-refractivity contribution in [2.45, 2.75) is 13.0 Å². The summed E-state index contributed by atoms with van der Waals surface area (Å²) in [4.78, 5) is 33.6. The highest BCUT2D eigenvalue weighted by Crippen LogP contribution is 2.32. The lowest BCUT2D eigenvalue weighted by Gasteiger charge is -2.11. The topological polar surface area (TPSA) is 145 Å². The van der Waals surface area contributed by atoms with Crippen LogP contribution < -0.4 is 26.8 Å². The summed E-state index contributed by atoms with van der Waals surface area (Å²) in [6.07, 6.45) is 0.601. The first-order chi connectivity index (χ1) is 20.0. The fraction of sp³-hybridized carbons (Fsp3) is 0.133. The number of nitrogen functional groups attached to an aromatic ring is 2. The smallest absolute Gasteiger partial charge is 0.251 e. The Morgan fingerprint density at radius 1 is 0.732 bits per heavy atom. The molecule has 0 saturated carbocycles. The first-order valence-electron chi connectivity index (χ1n) is 12.9. The van der Waals surface area contributed by atoms with Crippen molar-refractivity contribution in [1.29, 1.82) is 0 Å². The van der Waals surface area contributed by atoms with Crippen LogP contribution in [-0.2, 0) is 6.61 Å². The van der Waals surface area contributed by atoms with Crippen molar-refractivity contribution in [2.24, 2.45) is 0 Å². The van der Waals surface area contributed by atoms with Crippen LogP contribution >= 0.6 is 22.7 Å². The molecule has 0 aliphatic rings. The van der Waals surface area contributed by atoms with Crippen LogP contribution in [0, 0.1) is 0 Å². The third-order valence-corrected chi connectivity index (χ3v) is 7.53. The second-order valence-electron chi connectivity index (χ2n) is 9.07. The normalized spacial score (nSPS) is 10.7. The third-order valence-electron chi connectivity index (χ3n) is 6.18. The number of rotatable bonds is 11. The Bertz CT molecular complexity index is 1630. The predicted molar refractivity (Wildman–Crippen MR) is 164 cm³/mol. The number of anilines is 2. The minimum Gasteiger partial charge on any atom is -0.488 e. The van der Waals surface area contributed by atoms with Crippen molar-refractivity contribution < 1.29 is 14.3 Å². The molecule has 0 unspecified atom stereocenters. The molecule has 3 aromatic carbocycles. The van der Waals surface area contributed by atoms with Crippen molar-refractivity contribution in [2.75, 3.05) is 24.6 Å². The van der Waals surface area contributed by atoms with E-state index < -0.39 is 0 Å². The van der Waals surface area contributed by atoms with E-state index in [1.165, 1.54) is 22.7 Å². The van der Waals surface area contributed by atoms with Crippen LogP contribution in [0.4, 0.5) is 10.3 Å². The molecule has 208 valence electrons. The van der Waals surface area contributed by atoms with Crippen molar-refractivity contribution in [1.82, 2.24) is 20.6 Å². The van der Waals surface area contributed by atoms with Gasteiger partial charge in [-0.05, 0) is 48.4 Å². The van der Waals surface area contributed by atoms with E-state index in [1.807, 2.05) is 59.3 Å². The van der Waals surface area contributed by atoms with E-state index in [1.54, 1.807) is 24.3 Å². The van der Waals surface area contributed by atoms with E-state index in [0.717, 1.165) is 28.1 Å². The number of thiazole rings is 2. The number of hydrogen-bond donors (Lipinski definition) is 4. The first kappa shape index (κ1) is 27.8.